The molecule has 1 N–H and O–H groups in total. The molecular weight excluding hydrogens is 320 g/mol. The first-order chi connectivity index (χ1) is 11.9. The number of carbonyl (C=O) groups excluding carboxylic acids is 1. The number of rotatable bonds is 5. The van der Waals surface area contributed by atoms with Crippen molar-refractivity contribution >= 4 is 5.91 Å². The lowest BCUT2D eigenvalue weighted by molar-refractivity contribution is -0.129. The maximum absolute atomic E-state index is 12.4. The SMILES string of the molecule is CC(C)(C(=O)NCc1cnc([C@@]2(C)CCCCO2)nc1)n1cncn1. The third-order valence-electron chi connectivity index (χ3n) is 4.65. The highest BCUT2D eigenvalue weighted by atomic mass is 16.5. The van der Waals surface area contributed by atoms with Gasteiger partial charge in [-0.1, -0.05) is 0 Å². The Morgan fingerprint density at radius 1 is 1.36 bits per heavy atom. The van der Waals surface area contributed by atoms with Crippen molar-refractivity contribution in [3.63, 3.8) is 0 Å². The van der Waals surface area contributed by atoms with Crippen LogP contribution >= 0.6 is 0 Å². The predicted molar refractivity (Wildman–Crippen MR) is 90.4 cm³/mol. The third-order valence-corrected chi connectivity index (χ3v) is 4.65. The van der Waals surface area contributed by atoms with E-state index in [-0.39, 0.29) is 5.91 Å². The normalized spacial score (nSPS) is 21.1. The monoisotopic (exact) mass is 344 g/mol. The second-order valence-corrected chi connectivity index (χ2v) is 7.03. The largest absolute Gasteiger partial charge is 0.367 e. The number of hydrogen-bond acceptors (Lipinski definition) is 6. The van der Waals surface area contributed by atoms with Gasteiger partial charge in [-0.05, 0) is 40.0 Å². The van der Waals surface area contributed by atoms with Crippen LogP contribution in [0.1, 0.15) is 51.4 Å². The van der Waals surface area contributed by atoms with Crippen molar-refractivity contribution in [2.24, 2.45) is 0 Å². The quantitative estimate of drug-likeness (QED) is 0.884. The smallest absolute Gasteiger partial charge is 0.247 e. The van der Waals surface area contributed by atoms with Gasteiger partial charge in [-0.15, -0.1) is 0 Å². The van der Waals surface area contributed by atoms with Crippen LogP contribution in [0.5, 0.6) is 0 Å². The van der Waals surface area contributed by atoms with Crippen LogP contribution in [-0.4, -0.2) is 37.2 Å². The van der Waals surface area contributed by atoms with Crippen LogP contribution in [0.25, 0.3) is 0 Å². The third kappa shape index (κ3) is 3.68. The van der Waals surface area contributed by atoms with E-state index in [1.54, 1.807) is 26.2 Å². The Labute approximate surface area is 147 Å². The molecule has 1 atom stereocenters. The van der Waals surface area contributed by atoms with Gasteiger partial charge in [0.05, 0.1) is 0 Å². The van der Waals surface area contributed by atoms with Crippen molar-refractivity contribution in [3.05, 3.63) is 36.4 Å². The highest BCUT2D eigenvalue weighted by molar-refractivity contribution is 5.83. The molecule has 1 saturated heterocycles. The maximum atomic E-state index is 12.4. The average Bonchev–Trinajstić information content (AvgIpc) is 3.16. The zero-order chi connectivity index (χ0) is 17.9. The minimum absolute atomic E-state index is 0.148. The summed E-state index contributed by atoms with van der Waals surface area (Å²) >= 11 is 0. The lowest BCUT2D eigenvalue weighted by Gasteiger charge is -2.32. The topological polar surface area (TPSA) is 94.8 Å². The molecule has 1 aliphatic heterocycles. The van der Waals surface area contributed by atoms with Crippen molar-refractivity contribution < 1.29 is 9.53 Å². The summed E-state index contributed by atoms with van der Waals surface area (Å²) in [4.78, 5) is 25.2. The van der Waals surface area contributed by atoms with Gasteiger partial charge >= 0.3 is 0 Å². The van der Waals surface area contributed by atoms with Gasteiger partial charge in [0.15, 0.2) is 5.82 Å². The number of ether oxygens (including phenoxy) is 1. The van der Waals surface area contributed by atoms with E-state index in [1.807, 2.05) is 6.92 Å². The van der Waals surface area contributed by atoms with Gasteiger partial charge in [0.2, 0.25) is 5.91 Å². The summed E-state index contributed by atoms with van der Waals surface area (Å²) in [5.41, 5.74) is -0.388. The maximum Gasteiger partial charge on any atom is 0.247 e. The number of nitrogens with zero attached hydrogens (tertiary/aromatic N) is 5. The van der Waals surface area contributed by atoms with Crippen LogP contribution in [-0.2, 0) is 27.2 Å². The summed E-state index contributed by atoms with van der Waals surface area (Å²) in [6, 6.07) is 0. The molecule has 0 saturated carbocycles. The highest BCUT2D eigenvalue weighted by Crippen LogP contribution is 2.32. The van der Waals surface area contributed by atoms with Crippen molar-refractivity contribution in [1.82, 2.24) is 30.0 Å². The molecule has 8 nitrogen and oxygen atoms in total. The highest BCUT2D eigenvalue weighted by Gasteiger charge is 2.33. The molecule has 25 heavy (non-hydrogen) atoms. The van der Waals surface area contributed by atoms with E-state index in [4.69, 9.17) is 4.74 Å². The molecule has 0 spiro atoms. The summed E-state index contributed by atoms with van der Waals surface area (Å²) in [7, 11) is 0. The van der Waals surface area contributed by atoms with Crippen LogP contribution in [0.2, 0.25) is 0 Å². The van der Waals surface area contributed by atoms with E-state index >= 15 is 0 Å². The zero-order valence-corrected chi connectivity index (χ0v) is 14.9. The summed E-state index contributed by atoms with van der Waals surface area (Å²) < 4.78 is 7.40. The van der Waals surface area contributed by atoms with Gasteiger partial charge in [-0.25, -0.2) is 19.6 Å². The Kier molecular flexibility index (Phi) is 4.80. The van der Waals surface area contributed by atoms with Gasteiger partial charge in [-0.2, -0.15) is 5.10 Å². The molecule has 2 aromatic rings. The molecule has 3 heterocycles. The first-order valence-electron chi connectivity index (χ1n) is 8.50. The van der Waals surface area contributed by atoms with E-state index in [0.717, 1.165) is 31.4 Å². The second-order valence-electron chi connectivity index (χ2n) is 7.03. The van der Waals surface area contributed by atoms with Crippen LogP contribution in [0.4, 0.5) is 0 Å². The minimum atomic E-state index is -0.819. The van der Waals surface area contributed by atoms with Crippen molar-refractivity contribution in [1.29, 1.82) is 0 Å². The number of carbonyl (C=O) groups is 1. The molecule has 3 rings (SSSR count). The molecule has 134 valence electrons. The zero-order valence-electron chi connectivity index (χ0n) is 14.9. The Hall–Kier alpha value is -2.35. The van der Waals surface area contributed by atoms with E-state index in [1.165, 1.54) is 17.3 Å². The van der Waals surface area contributed by atoms with E-state index in [9.17, 15) is 4.79 Å². The Balaban J connectivity index is 1.61. The van der Waals surface area contributed by atoms with E-state index < -0.39 is 11.1 Å². The molecule has 8 heteroatoms. The second kappa shape index (κ2) is 6.87. The van der Waals surface area contributed by atoms with E-state index in [2.05, 4.69) is 25.4 Å². The van der Waals surface area contributed by atoms with Gasteiger partial charge in [0, 0.05) is 31.1 Å². The molecule has 0 bridgehead atoms. The Bertz CT molecular complexity index is 705. The number of nitrogens with one attached hydrogen (secondary N) is 1. The number of aromatic nitrogens is 5. The summed E-state index contributed by atoms with van der Waals surface area (Å²) in [6.45, 7) is 6.71. The van der Waals surface area contributed by atoms with Gasteiger partial charge in [0.1, 0.15) is 23.8 Å². The van der Waals surface area contributed by atoms with Gasteiger partial charge in [-0.3, -0.25) is 4.79 Å². The summed E-state index contributed by atoms with van der Waals surface area (Å²) in [5.74, 6) is 0.551. The fourth-order valence-electron chi connectivity index (χ4n) is 2.83. The van der Waals surface area contributed by atoms with Gasteiger partial charge < -0.3 is 10.1 Å². The first kappa shape index (κ1) is 17.5. The lowest BCUT2D eigenvalue weighted by atomic mass is 9.95. The number of hydrogen-bond donors (Lipinski definition) is 1. The van der Waals surface area contributed by atoms with Gasteiger partial charge in [0.25, 0.3) is 0 Å². The molecule has 0 radical (unpaired) electrons. The first-order valence-corrected chi connectivity index (χ1v) is 8.50. The predicted octanol–water partition coefficient (Wildman–Crippen LogP) is 1.54. The van der Waals surface area contributed by atoms with Crippen LogP contribution < -0.4 is 5.32 Å². The van der Waals surface area contributed by atoms with Crippen molar-refractivity contribution in [2.45, 2.75) is 57.7 Å². The van der Waals surface area contributed by atoms with Crippen molar-refractivity contribution in [2.75, 3.05) is 6.61 Å². The molecule has 0 aliphatic carbocycles. The lowest BCUT2D eigenvalue weighted by Crippen LogP contribution is -2.44. The molecule has 1 fully saturated rings. The van der Waals surface area contributed by atoms with Crippen LogP contribution in [0, 0.1) is 0 Å². The summed E-state index contributed by atoms with van der Waals surface area (Å²) in [5, 5.41) is 6.94. The molecule has 0 aromatic carbocycles. The molecular formula is C17H24N6O2. The average molecular weight is 344 g/mol. The standard InChI is InChI=1S/C17H24N6O2/c1-16(2,23-12-18-11-22-23)15(24)21-10-13-8-19-14(20-9-13)17(3)6-4-5-7-25-17/h8-9,11-12H,4-7,10H2,1-3H3,(H,21,24)/t17-/m1/s1. The Morgan fingerprint density at radius 2 is 2.12 bits per heavy atom. The molecule has 0 unspecified atom stereocenters. The molecule has 2 aromatic heterocycles. The van der Waals surface area contributed by atoms with Crippen molar-refractivity contribution in [3.8, 4) is 0 Å². The Morgan fingerprint density at radius 3 is 2.72 bits per heavy atom. The fourth-order valence-corrected chi connectivity index (χ4v) is 2.83. The number of amides is 1. The van der Waals surface area contributed by atoms with E-state index in [0.29, 0.717) is 12.4 Å². The summed E-state index contributed by atoms with van der Waals surface area (Å²) in [6.07, 6.45) is 9.56. The molecule has 1 amide bonds. The van der Waals surface area contributed by atoms with Crippen LogP contribution in [0.3, 0.4) is 0 Å². The van der Waals surface area contributed by atoms with Crippen LogP contribution in [0.15, 0.2) is 25.0 Å². The minimum Gasteiger partial charge on any atom is -0.367 e. The molecule has 1 aliphatic rings. The fraction of sp³-hybridized carbons (Fsp3) is 0.588.